The van der Waals surface area contributed by atoms with Crippen LogP contribution in [0.15, 0.2) is 36.6 Å². The smallest absolute Gasteiger partial charge is 0.246 e. The van der Waals surface area contributed by atoms with Gasteiger partial charge in [0.2, 0.25) is 5.91 Å². The molecular weight excluding hydrogens is 224 g/mol. The molecule has 0 aliphatic heterocycles. The van der Waals surface area contributed by atoms with Crippen LogP contribution in [0.2, 0.25) is 5.15 Å². The number of nitrogens with zero attached hydrogens (tertiary/aromatic N) is 2. The van der Waals surface area contributed by atoms with E-state index in [4.69, 9.17) is 11.6 Å². The van der Waals surface area contributed by atoms with E-state index >= 15 is 0 Å². The van der Waals surface area contributed by atoms with E-state index in [-0.39, 0.29) is 5.91 Å². The van der Waals surface area contributed by atoms with Gasteiger partial charge in [-0.1, -0.05) is 35.9 Å². The summed E-state index contributed by atoms with van der Waals surface area (Å²) >= 11 is 5.85. The quantitative estimate of drug-likeness (QED) is 0.459. The molecule has 0 radical (unpaired) electrons. The van der Waals surface area contributed by atoms with Crippen LogP contribution in [0.4, 0.5) is 0 Å². The SMILES string of the molecule is CN(C)C(=O)C=CC=Cc1cccnc1Cl. The Hall–Kier alpha value is -1.61. The maximum Gasteiger partial charge on any atom is 0.246 e. The zero-order chi connectivity index (χ0) is 12.0. The summed E-state index contributed by atoms with van der Waals surface area (Å²) in [7, 11) is 3.41. The number of rotatable bonds is 3. The monoisotopic (exact) mass is 236 g/mol. The molecule has 1 aromatic heterocycles. The number of amides is 1. The Morgan fingerprint density at radius 3 is 2.81 bits per heavy atom. The van der Waals surface area contributed by atoms with Crippen LogP contribution in [0.5, 0.6) is 0 Å². The summed E-state index contributed by atoms with van der Waals surface area (Å²) in [5, 5.41) is 0.450. The zero-order valence-corrected chi connectivity index (χ0v) is 9.98. The number of pyridine rings is 1. The average Bonchev–Trinajstić information content (AvgIpc) is 2.26. The molecule has 0 fully saturated rings. The number of halogens is 1. The van der Waals surface area contributed by atoms with Crippen molar-refractivity contribution in [3.8, 4) is 0 Å². The number of hydrogen-bond acceptors (Lipinski definition) is 2. The fourth-order valence-corrected chi connectivity index (χ4v) is 1.15. The van der Waals surface area contributed by atoms with E-state index in [1.54, 1.807) is 44.6 Å². The second kappa shape index (κ2) is 6.08. The van der Waals surface area contributed by atoms with Gasteiger partial charge in [0.1, 0.15) is 5.15 Å². The first-order valence-corrected chi connectivity index (χ1v) is 5.15. The lowest BCUT2D eigenvalue weighted by atomic mass is 10.2. The summed E-state index contributed by atoms with van der Waals surface area (Å²) in [5.41, 5.74) is 0.825. The van der Waals surface area contributed by atoms with E-state index in [1.165, 1.54) is 11.0 Å². The summed E-state index contributed by atoms with van der Waals surface area (Å²) in [6, 6.07) is 3.66. The zero-order valence-electron chi connectivity index (χ0n) is 9.22. The molecule has 0 bridgehead atoms. The molecule has 84 valence electrons. The second-order valence-corrected chi connectivity index (χ2v) is 3.69. The molecule has 1 rings (SSSR count). The van der Waals surface area contributed by atoms with Crippen LogP contribution in [0, 0.1) is 0 Å². The number of likely N-dealkylation sites (N-methyl/N-ethyl adjacent to an activating group) is 1. The molecule has 0 saturated carbocycles. The predicted octanol–water partition coefficient (Wildman–Crippen LogP) is 2.39. The topological polar surface area (TPSA) is 33.2 Å². The number of carbonyl (C=O) groups is 1. The summed E-state index contributed by atoms with van der Waals surface area (Å²) < 4.78 is 0. The standard InChI is InChI=1S/C12H13ClN2O/c1-15(2)11(16)8-4-3-6-10-7-5-9-14-12(10)13/h3-9H,1-2H3. The van der Waals surface area contributed by atoms with E-state index in [0.29, 0.717) is 5.15 Å². The van der Waals surface area contributed by atoms with Gasteiger partial charge in [-0.25, -0.2) is 4.98 Å². The van der Waals surface area contributed by atoms with Gasteiger partial charge in [0.05, 0.1) is 0 Å². The first-order valence-electron chi connectivity index (χ1n) is 4.78. The van der Waals surface area contributed by atoms with E-state index in [0.717, 1.165) is 5.56 Å². The van der Waals surface area contributed by atoms with Gasteiger partial charge in [-0.2, -0.15) is 0 Å². The number of hydrogen-bond donors (Lipinski definition) is 0. The molecule has 3 nitrogen and oxygen atoms in total. The Labute approximate surface area is 100 Å². The summed E-state index contributed by atoms with van der Waals surface area (Å²) in [5.74, 6) is -0.0538. The minimum Gasteiger partial charge on any atom is -0.345 e. The van der Waals surface area contributed by atoms with Gasteiger partial charge in [-0.15, -0.1) is 0 Å². The van der Waals surface area contributed by atoms with Crippen molar-refractivity contribution in [2.45, 2.75) is 0 Å². The summed E-state index contributed by atoms with van der Waals surface area (Å²) in [4.78, 5) is 16.6. The van der Waals surface area contributed by atoms with Crippen LogP contribution >= 0.6 is 11.6 Å². The van der Waals surface area contributed by atoms with Crippen LogP contribution in [-0.2, 0) is 4.79 Å². The van der Waals surface area contributed by atoms with Crippen LogP contribution in [0.25, 0.3) is 6.08 Å². The Balaban J connectivity index is 2.62. The van der Waals surface area contributed by atoms with Crippen molar-refractivity contribution in [1.82, 2.24) is 9.88 Å². The van der Waals surface area contributed by atoms with Crippen LogP contribution < -0.4 is 0 Å². The van der Waals surface area contributed by atoms with Crippen LogP contribution in [-0.4, -0.2) is 29.9 Å². The molecule has 0 saturated heterocycles. The van der Waals surface area contributed by atoms with Gasteiger partial charge in [0.25, 0.3) is 0 Å². The molecule has 1 heterocycles. The van der Waals surface area contributed by atoms with Crippen molar-refractivity contribution < 1.29 is 4.79 Å². The van der Waals surface area contributed by atoms with Crippen LogP contribution in [0.3, 0.4) is 0 Å². The minimum atomic E-state index is -0.0538. The van der Waals surface area contributed by atoms with Gasteiger partial charge in [0.15, 0.2) is 0 Å². The lowest BCUT2D eigenvalue weighted by Crippen LogP contribution is -2.18. The molecule has 0 N–H and O–H groups in total. The number of aromatic nitrogens is 1. The molecule has 1 amide bonds. The Kier molecular flexibility index (Phi) is 4.73. The molecule has 16 heavy (non-hydrogen) atoms. The van der Waals surface area contributed by atoms with E-state index < -0.39 is 0 Å². The van der Waals surface area contributed by atoms with Crippen molar-refractivity contribution >= 4 is 23.6 Å². The molecule has 1 aromatic rings. The second-order valence-electron chi connectivity index (χ2n) is 3.33. The van der Waals surface area contributed by atoms with E-state index in [2.05, 4.69) is 4.98 Å². The molecule has 0 aromatic carbocycles. The van der Waals surface area contributed by atoms with Gasteiger partial charge in [-0.05, 0) is 6.07 Å². The third-order valence-electron chi connectivity index (χ3n) is 1.85. The highest BCUT2D eigenvalue weighted by Gasteiger charge is 1.95. The fraction of sp³-hybridized carbons (Fsp3) is 0.167. The Morgan fingerprint density at radius 1 is 1.44 bits per heavy atom. The largest absolute Gasteiger partial charge is 0.345 e. The highest BCUT2D eigenvalue weighted by Crippen LogP contribution is 2.12. The fourth-order valence-electron chi connectivity index (χ4n) is 0.969. The molecule has 0 atom stereocenters. The van der Waals surface area contributed by atoms with Crippen molar-refractivity contribution in [2.75, 3.05) is 14.1 Å². The van der Waals surface area contributed by atoms with Crippen molar-refractivity contribution in [3.63, 3.8) is 0 Å². The lowest BCUT2D eigenvalue weighted by molar-refractivity contribution is -0.123. The first-order chi connectivity index (χ1) is 7.61. The Bertz CT molecular complexity index is 425. The van der Waals surface area contributed by atoms with Gasteiger partial charge < -0.3 is 4.90 Å². The highest BCUT2D eigenvalue weighted by molar-refractivity contribution is 6.30. The highest BCUT2D eigenvalue weighted by atomic mass is 35.5. The van der Waals surface area contributed by atoms with E-state index in [9.17, 15) is 4.79 Å². The molecular formula is C12H13ClN2O. The maximum atomic E-state index is 11.2. The number of carbonyl (C=O) groups excluding carboxylic acids is 1. The predicted molar refractivity (Wildman–Crippen MR) is 66.1 cm³/mol. The normalized spacial score (nSPS) is 11.2. The molecule has 0 spiro atoms. The van der Waals surface area contributed by atoms with Crippen LogP contribution in [0.1, 0.15) is 5.56 Å². The minimum absolute atomic E-state index is 0.0538. The van der Waals surface area contributed by atoms with Crippen molar-refractivity contribution in [3.05, 3.63) is 47.3 Å². The van der Waals surface area contributed by atoms with Gasteiger partial charge in [0, 0.05) is 31.9 Å². The Morgan fingerprint density at radius 2 is 2.19 bits per heavy atom. The third-order valence-corrected chi connectivity index (χ3v) is 2.17. The molecule has 0 aliphatic carbocycles. The van der Waals surface area contributed by atoms with Gasteiger partial charge >= 0.3 is 0 Å². The number of allylic oxidation sites excluding steroid dienone is 2. The summed E-state index contributed by atoms with van der Waals surface area (Å²) in [6.07, 6.45) is 8.34. The first kappa shape index (κ1) is 12.5. The van der Waals surface area contributed by atoms with Crippen molar-refractivity contribution in [1.29, 1.82) is 0 Å². The molecule has 0 unspecified atom stereocenters. The third kappa shape index (κ3) is 3.87. The summed E-state index contributed by atoms with van der Waals surface area (Å²) in [6.45, 7) is 0. The maximum absolute atomic E-state index is 11.2. The molecule has 0 aliphatic rings. The molecule has 4 heteroatoms. The van der Waals surface area contributed by atoms with E-state index in [1.807, 2.05) is 6.07 Å². The van der Waals surface area contributed by atoms with Crippen molar-refractivity contribution in [2.24, 2.45) is 0 Å². The average molecular weight is 237 g/mol. The lowest BCUT2D eigenvalue weighted by Gasteiger charge is -2.04. The van der Waals surface area contributed by atoms with Gasteiger partial charge in [-0.3, -0.25) is 4.79 Å².